The van der Waals surface area contributed by atoms with Gasteiger partial charge in [-0.25, -0.2) is 8.78 Å². The number of nitrogens with zero attached hydrogens (tertiary/aromatic N) is 2. The van der Waals surface area contributed by atoms with Gasteiger partial charge in [-0.3, -0.25) is 9.59 Å². The monoisotopic (exact) mass is 419 g/mol. The lowest BCUT2D eigenvalue weighted by molar-refractivity contribution is -0.121. The number of halogens is 2. The maximum atomic E-state index is 14.5. The number of carbonyl (C=O) groups excluding carboxylic acids is 2. The molecule has 2 saturated heterocycles. The zero-order chi connectivity index (χ0) is 20.4. The molecule has 1 aromatic carbocycles. The number of hydrogen-bond acceptors (Lipinski definition) is 4. The fraction of sp³-hybridized carbons (Fsp3) is 0.429. The van der Waals surface area contributed by atoms with Crippen LogP contribution in [0.15, 0.2) is 29.6 Å². The molecule has 1 N–H and O–H groups in total. The first kappa shape index (κ1) is 19.8. The fourth-order valence-electron chi connectivity index (χ4n) is 4.06. The number of thiophene rings is 1. The Hall–Kier alpha value is -2.48. The van der Waals surface area contributed by atoms with Gasteiger partial charge in [0.25, 0.3) is 5.91 Å². The summed E-state index contributed by atoms with van der Waals surface area (Å²) in [6, 6.07) is 5.93. The van der Waals surface area contributed by atoms with Crippen molar-refractivity contribution >= 4 is 34.5 Å². The molecule has 4 rings (SSSR count). The van der Waals surface area contributed by atoms with Crippen molar-refractivity contribution in [3.05, 3.63) is 46.2 Å². The Morgan fingerprint density at radius 3 is 2.45 bits per heavy atom. The molecule has 1 atom stereocenters. The van der Waals surface area contributed by atoms with Gasteiger partial charge in [0.2, 0.25) is 5.91 Å². The van der Waals surface area contributed by atoms with Crippen LogP contribution in [0.2, 0.25) is 0 Å². The summed E-state index contributed by atoms with van der Waals surface area (Å²) in [6.45, 7) is 2.18. The van der Waals surface area contributed by atoms with E-state index in [-0.39, 0.29) is 23.2 Å². The fourth-order valence-corrected chi connectivity index (χ4v) is 4.75. The first-order valence-electron chi connectivity index (χ1n) is 9.90. The third kappa shape index (κ3) is 4.27. The second-order valence-corrected chi connectivity index (χ2v) is 8.49. The Kier molecular flexibility index (Phi) is 5.80. The predicted octanol–water partition coefficient (Wildman–Crippen LogP) is 4.12. The summed E-state index contributed by atoms with van der Waals surface area (Å²) in [5.41, 5.74) is 0.0838. The Bertz CT molecular complexity index is 874. The van der Waals surface area contributed by atoms with Gasteiger partial charge in [-0.05, 0) is 49.3 Å². The first-order chi connectivity index (χ1) is 14.0. The standard InChI is InChI=1S/C21H23F2N3O2S/c22-16-11-15(12-17(23)19(16)25-7-1-2-8-25)24-20(27)14-5-3-9-26(13-14)21(28)18-6-4-10-29-18/h4,6,10-12,14H,1-3,5,7-9,13H2,(H,24,27). The molecule has 8 heteroatoms. The molecule has 2 aliphatic heterocycles. The average Bonchev–Trinajstić information content (AvgIpc) is 3.41. The molecule has 5 nitrogen and oxygen atoms in total. The van der Waals surface area contributed by atoms with Gasteiger partial charge in [0.1, 0.15) is 5.69 Å². The van der Waals surface area contributed by atoms with Gasteiger partial charge in [-0.1, -0.05) is 6.07 Å². The van der Waals surface area contributed by atoms with Gasteiger partial charge >= 0.3 is 0 Å². The molecule has 0 aliphatic carbocycles. The van der Waals surface area contributed by atoms with Crippen LogP contribution in [0.1, 0.15) is 35.4 Å². The minimum absolute atomic E-state index is 0.0223. The summed E-state index contributed by atoms with van der Waals surface area (Å²) in [5, 5.41) is 4.48. The summed E-state index contributed by atoms with van der Waals surface area (Å²) in [5.74, 6) is -2.14. The Morgan fingerprint density at radius 2 is 1.79 bits per heavy atom. The third-order valence-corrected chi connectivity index (χ3v) is 6.38. The summed E-state index contributed by atoms with van der Waals surface area (Å²) < 4.78 is 29.0. The summed E-state index contributed by atoms with van der Waals surface area (Å²) in [4.78, 5) is 29.2. The van der Waals surface area contributed by atoms with Gasteiger partial charge in [0.15, 0.2) is 11.6 Å². The molecule has 0 bridgehead atoms. The van der Waals surface area contributed by atoms with E-state index in [1.807, 2.05) is 11.4 Å². The van der Waals surface area contributed by atoms with E-state index >= 15 is 0 Å². The van der Waals surface area contributed by atoms with E-state index < -0.39 is 17.6 Å². The molecule has 1 unspecified atom stereocenters. The van der Waals surface area contributed by atoms with Crippen LogP contribution < -0.4 is 10.2 Å². The topological polar surface area (TPSA) is 52.7 Å². The number of likely N-dealkylation sites (tertiary alicyclic amines) is 1. The van der Waals surface area contributed by atoms with E-state index in [0.717, 1.165) is 12.8 Å². The normalized spacial score (nSPS) is 19.4. The molecule has 2 aromatic rings. The van der Waals surface area contributed by atoms with E-state index in [2.05, 4.69) is 5.32 Å². The van der Waals surface area contributed by atoms with Crippen LogP contribution in [0.25, 0.3) is 0 Å². The minimum Gasteiger partial charge on any atom is -0.367 e. The maximum Gasteiger partial charge on any atom is 0.263 e. The van der Waals surface area contributed by atoms with Crippen LogP contribution >= 0.6 is 11.3 Å². The van der Waals surface area contributed by atoms with E-state index in [1.165, 1.54) is 23.5 Å². The SMILES string of the molecule is O=C(Nc1cc(F)c(N2CCCC2)c(F)c1)C1CCCN(C(=O)c2cccs2)C1. The summed E-state index contributed by atoms with van der Waals surface area (Å²) in [6.07, 6.45) is 3.18. The lowest BCUT2D eigenvalue weighted by Gasteiger charge is -2.31. The zero-order valence-electron chi connectivity index (χ0n) is 16.0. The first-order valence-corrected chi connectivity index (χ1v) is 10.8. The molecule has 1 aromatic heterocycles. The largest absolute Gasteiger partial charge is 0.367 e. The second kappa shape index (κ2) is 8.49. The molecule has 0 radical (unpaired) electrons. The van der Waals surface area contributed by atoms with E-state index in [4.69, 9.17) is 0 Å². The van der Waals surface area contributed by atoms with Crippen LogP contribution in [0.3, 0.4) is 0 Å². The summed E-state index contributed by atoms with van der Waals surface area (Å²) in [7, 11) is 0. The Labute approximate surface area is 172 Å². The van der Waals surface area contributed by atoms with E-state index in [9.17, 15) is 18.4 Å². The third-order valence-electron chi connectivity index (χ3n) is 5.52. The Morgan fingerprint density at radius 1 is 1.07 bits per heavy atom. The van der Waals surface area contributed by atoms with Crippen LogP contribution in [-0.2, 0) is 4.79 Å². The van der Waals surface area contributed by atoms with E-state index in [0.29, 0.717) is 43.9 Å². The van der Waals surface area contributed by atoms with Crippen molar-refractivity contribution in [3.63, 3.8) is 0 Å². The number of amides is 2. The average molecular weight is 419 g/mol. The van der Waals surface area contributed by atoms with Crippen molar-refractivity contribution in [2.45, 2.75) is 25.7 Å². The van der Waals surface area contributed by atoms with Gasteiger partial charge in [-0.2, -0.15) is 0 Å². The van der Waals surface area contributed by atoms with Gasteiger partial charge < -0.3 is 15.1 Å². The van der Waals surface area contributed by atoms with Crippen molar-refractivity contribution in [2.24, 2.45) is 5.92 Å². The highest BCUT2D eigenvalue weighted by molar-refractivity contribution is 7.12. The molecule has 29 heavy (non-hydrogen) atoms. The number of piperidine rings is 1. The molecular formula is C21H23F2N3O2S. The molecule has 2 aliphatic rings. The van der Waals surface area contributed by atoms with Crippen molar-refractivity contribution in [3.8, 4) is 0 Å². The molecule has 0 spiro atoms. The number of hydrogen-bond donors (Lipinski definition) is 1. The number of nitrogens with one attached hydrogen (secondary N) is 1. The zero-order valence-corrected chi connectivity index (χ0v) is 16.8. The number of anilines is 2. The minimum atomic E-state index is -0.666. The van der Waals surface area contributed by atoms with Crippen LogP contribution in [0.4, 0.5) is 20.2 Å². The molecule has 2 fully saturated rings. The van der Waals surface area contributed by atoms with Crippen molar-refractivity contribution in [1.82, 2.24) is 4.90 Å². The molecule has 2 amide bonds. The molecule has 154 valence electrons. The van der Waals surface area contributed by atoms with Crippen LogP contribution in [0, 0.1) is 17.6 Å². The van der Waals surface area contributed by atoms with Gasteiger partial charge in [0, 0.05) is 31.9 Å². The maximum absolute atomic E-state index is 14.5. The lowest BCUT2D eigenvalue weighted by atomic mass is 9.96. The predicted molar refractivity (Wildman–Crippen MR) is 109 cm³/mol. The quantitative estimate of drug-likeness (QED) is 0.811. The number of benzene rings is 1. The smallest absolute Gasteiger partial charge is 0.263 e. The second-order valence-electron chi connectivity index (χ2n) is 7.54. The highest BCUT2D eigenvalue weighted by Crippen LogP contribution is 2.30. The highest BCUT2D eigenvalue weighted by Gasteiger charge is 2.30. The summed E-state index contributed by atoms with van der Waals surface area (Å²) >= 11 is 1.37. The highest BCUT2D eigenvalue weighted by atomic mass is 32.1. The molecular weight excluding hydrogens is 396 g/mol. The van der Waals surface area contributed by atoms with Crippen molar-refractivity contribution in [2.75, 3.05) is 36.4 Å². The number of carbonyl (C=O) groups is 2. The molecule has 3 heterocycles. The molecule has 0 saturated carbocycles. The van der Waals surface area contributed by atoms with Gasteiger partial charge in [-0.15, -0.1) is 11.3 Å². The van der Waals surface area contributed by atoms with Gasteiger partial charge in [0.05, 0.1) is 10.8 Å². The van der Waals surface area contributed by atoms with E-state index in [1.54, 1.807) is 15.9 Å². The number of rotatable bonds is 4. The lowest BCUT2D eigenvalue weighted by Crippen LogP contribution is -2.43. The van der Waals surface area contributed by atoms with Crippen LogP contribution in [0.5, 0.6) is 0 Å². The van der Waals surface area contributed by atoms with Crippen LogP contribution in [-0.4, -0.2) is 42.9 Å². The van der Waals surface area contributed by atoms with Crippen molar-refractivity contribution < 1.29 is 18.4 Å². The Balaban J connectivity index is 1.43. The van der Waals surface area contributed by atoms with Crippen molar-refractivity contribution in [1.29, 1.82) is 0 Å².